The fraction of sp³-hybridized carbons (Fsp3) is 0.484. The highest BCUT2D eigenvalue weighted by atomic mass is 16.1. The van der Waals surface area contributed by atoms with Gasteiger partial charge in [-0.15, -0.1) is 0 Å². The number of aromatic amines is 1. The van der Waals surface area contributed by atoms with Crippen molar-refractivity contribution in [2.75, 3.05) is 19.6 Å². The Labute approximate surface area is 214 Å². The zero-order valence-corrected chi connectivity index (χ0v) is 21.7. The standard InChI is InChI=1S/C31H39N3O2/c1-21(2)30(35)25-10-9-23-14-17-34(18-15-24(23)19-25)16-13-22-7-11-26(12-8-22)33-31(36)28-20-32-29-6-4-3-5-27(28)29/h3-6,9-10,19-22,26,32H,7-8,11-18H2,1-2H3,(H,33,36). The number of ketones is 1. The van der Waals surface area contributed by atoms with E-state index in [0.29, 0.717) is 0 Å². The smallest absolute Gasteiger partial charge is 0.253 e. The summed E-state index contributed by atoms with van der Waals surface area (Å²) in [5, 5.41) is 4.28. The van der Waals surface area contributed by atoms with Crippen molar-refractivity contribution in [1.82, 2.24) is 15.2 Å². The second-order valence-electron chi connectivity index (χ2n) is 11.1. The van der Waals surface area contributed by atoms with Gasteiger partial charge in [-0.2, -0.15) is 0 Å². The lowest BCUT2D eigenvalue weighted by Crippen LogP contribution is -2.38. The Morgan fingerprint density at radius 1 is 1.00 bits per heavy atom. The van der Waals surface area contributed by atoms with E-state index in [-0.39, 0.29) is 23.7 Å². The first-order chi connectivity index (χ1) is 17.5. The summed E-state index contributed by atoms with van der Waals surface area (Å²) in [5.74, 6) is 1.07. The molecule has 1 aromatic heterocycles. The quantitative estimate of drug-likeness (QED) is 0.417. The number of aromatic nitrogens is 1. The molecule has 1 aliphatic carbocycles. The molecule has 0 unspecified atom stereocenters. The Morgan fingerprint density at radius 2 is 1.75 bits per heavy atom. The van der Waals surface area contributed by atoms with Gasteiger partial charge in [0.1, 0.15) is 0 Å². The molecular weight excluding hydrogens is 446 g/mol. The van der Waals surface area contributed by atoms with E-state index < -0.39 is 0 Å². The fourth-order valence-corrected chi connectivity index (χ4v) is 5.96. The minimum atomic E-state index is 0.0401. The van der Waals surface area contributed by atoms with Crippen LogP contribution in [0.1, 0.15) is 77.8 Å². The summed E-state index contributed by atoms with van der Waals surface area (Å²) in [6.45, 7) is 7.26. The van der Waals surface area contributed by atoms with E-state index in [1.807, 2.05) is 50.4 Å². The van der Waals surface area contributed by atoms with Gasteiger partial charge in [0.05, 0.1) is 5.56 Å². The number of amides is 1. The van der Waals surface area contributed by atoms with E-state index in [2.05, 4.69) is 27.3 Å². The lowest BCUT2D eigenvalue weighted by atomic mass is 9.84. The topological polar surface area (TPSA) is 65.2 Å². The molecule has 3 aromatic rings. The highest BCUT2D eigenvalue weighted by Gasteiger charge is 2.25. The lowest BCUT2D eigenvalue weighted by molar-refractivity contribution is 0.0918. The summed E-state index contributed by atoms with van der Waals surface area (Å²) in [7, 11) is 0. The van der Waals surface area contributed by atoms with Crippen molar-refractivity contribution < 1.29 is 9.59 Å². The molecule has 1 amide bonds. The normalized spacial score (nSPS) is 20.8. The second-order valence-corrected chi connectivity index (χ2v) is 11.1. The van der Waals surface area contributed by atoms with Crippen LogP contribution >= 0.6 is 0 Å². The molecule has 1 aliphatic heterocycles. The predicted molar refractivity (Wildman–Crippen MR) is 146 cm³/mol. The minimum Gasteiger partial charge on any atom is -0.360 e. The number of rotatable bonds is 7. The molecule has 0 spiro atoms. The van der Waals surface area contributed by atoms with E-state index in [0.717, 1.165) is 73.3 Å². The van der Waals surface area contributed by atoms with Crippen molar-refractivity contribution >= 4 is 22.6 Å². The number of H-pyrrole nitrogens is 1. The average Bonchev–Trinajstić information content (AvgIpc) is 3.22. The van der Waals surface area contributed by atoms with E-state index in [4.69, 9.17) is 0 Å². The number of benzene rings is 2. The molecule has 36 heavy (non-hydrogen) atoms. The van der Waals surface area contributed by atoms with Crippen LogP contribution in [0.3, 0.4) is 0 Å². The molecule has 0 saturated heterocycles. The molecule has 2 aliphatic rings. The fourth-order valence-electron chi connectivity index (χ4n) is 5.96. The predicted octanol–water partition coefficient (Wildman–Crippen LogP) is 5.79. The summed E-state index contributed by atoms with van der Waals surface area (Å²) in [6.07, 6.45) is 9.67. The highest BCUT2D eigenvalue weighted by Crippen LogP contribution is 2.28. The number of nitrogens with one attached hydrogen (secondary N) is 2. The maximum atomic E-state index is 12.9. The molecule has 0 radical (unpaired) electrons. The van der Waals surface area contributed by atoms with Crippen molar-refractivity contribution in [2.45, 2.75) is 64.8 Å². The first-order valence-electron chi connectivity index (χ1n) is 13.7. The van der Waals surface area contributed by atoms with Gasteiger partial charge in [-0.25, -0.2) is 0 Å². The van der Waals surface area contributed by atoms with Gasteiger partial charge in [0.25, 0.3) is 5.91 Å². The van der Waals surface area contributed by atoms with Crippen molar-refractivity contribution in [3.63, 3.8) is 0 Å². The Morgan fingerprint density at radius 3 is 2.53 bits per heavy atom. The number of fused-ring (bicyclic) bond motifs is 2. The van der Waals surface area contributed by atoms with Gasteiger partial charge in [-0.05, 0) is 80.7 Å². The van der Waals surface area contributed by atoms with Crippen LogP contribution in [0.15, 0.2) is 48.7 Å². The minimum absolute atomic E-state index is 0.0401. The molecule has 1 saturated carbocycles. The molecular formula is C31H39N3O2. The number of hydrogen-bond acceptors (Lipinski definition) is 3. The van der Waals surface area contributed by atoms with Gasteiger partial charge in [0, 0.05) is 47.7 Å². The van der Waals surface area contributed by atoms with Crippen LogP contribution in [-0.4, -0.2) is 47.3 Å². The van der Waals surface area contributed by atoms with E-state index in [1.165, 1.54) is 30.4 Å². The largest absolute Gasteiger partial charge is 0.360 e. The molecule has 0 bridgehead atoms. The van der Waals surface area contributed by atoms with Crippen LogP contribution in [0.4, 0.5) is 0 Å². The molecule has 5 rings (SSSR count). The van der Waals surface area contributed by atoms with Crippen molar-refractivity contribution in [2.24, 2.45) is 11.8 Å². The molecule has 5 nitrogen and oxygen atoms in total. The Kier molecular flexibility index (Phi) is 7.56. The first-order valence-corrected chi connectivity index (χ1v) is 13.7. The SMILES string of the molecule is CC(C)C(=O)c1ccc2c(c1)CCN(CCC1CCC(NC(=O)c3c[nH]c4ccccc34)CC1)CC2. The van der Waals surface area contributed by atoms with Gasteiger partial charge in [-0.3, -0.25) is 9.59 Å². The maximum absolute atomic E-state index is 12.9. The molecule has 1 fully saturated rings. The van der Waals surface area contributed by atoms with E-state index in [9.17, 15) is 9.59 Å². The van der Waals surface area contributed by atoms with Gasteiger partial charge < -0.3 is 15.2 Å². The highest BCUT2D eigenvalue weighted by molar-refractivity contribution is 6.06. The summed E-state index contributed by atoms with van der Waals surface area (Å²) >= 11 is 0. The van der Waals surface area contributed by atoms with E-state index in [1.54, 1.807) is 0 Å². The van der Waals surface area contributed by atoms with Crippen LogP contribution in [0.25, 0.3) is 10.9 Å². The number of para-hydroxylation sites is 1. The van der Waals surface area contributed by atoms with E-state index >= 15 is 0 Å². The Hall–Kier alpha value is -2.92. The number of Topliss-reactive ketones (excluding diaryl/α,β-unsaturated/α-hetero) is 1. The summed E-state index contributed by atoms with van der Waals surface area (Å²) in [4.78, 5) is 31.1. The molecule has 0 atom stereocenters. The zero-order chi connectivity index (χ0) is 25.1. The average molecular weight is 486 g/mol. The second kappa shape index (κ2) is 11.0. The summed E-state index contributed by atoms with van der Waals surface area (Å²) in [5.41, 5.74) is 5.38. The van der Waals surface area contributed by atoms with Gasteiger partial charge >= 0.3 is 0 Å². The lowest BCUT2D eigenvalue weighted by Gasteiger charge is -2.30. The van der Waals surface area contributed by atoms with Crippen LogP contribution in [0.2, 0.25) is 0 Å². The first kappa shape index (κ1) is 24.8. The zero-order valence-electron chi connectivity index (χ0n) is 21.7. The van der Waals surface area contributed by atoms with Gasteiger partial charge in [0.15, 0.2) is 5.78 Å². The summed E-state index contributed by atoms with van der Waals surface area (Å²) in [6, 6.07) is 14.6. The van der Waals surface area contributed by atoms with Gasteiger partial charge in [0.2, 0.25) is 0 Å². The third-order valence-corrected chi connectivity index (χ3v) is 8.28. The maximum Gasteiger partial charge on any atom is 0.253 e. The third-order valence-electron chi connectivity index (χ3n) is 8.28. The number of carbonyl (C=O) groups excluding carboxylic acids is 2. The number of carbonyl (C=O) groups is 2. The van der Waals surface area contributed by atoms with Crippen molar-refractivity contribution in [1.29, 1.82) is 0 Å². The molecule has 2 N–H and O–H groups in total. The van der Waals surface area contributed by atoms with Crippen LogP contribution in [0.5, 0.6) is 0 Å². The molecule has 190 valence electrons. The monoisotopic (exact) mass is 485 g/mol. The van der Waals surface area contributed by atoms with Gasteiger partial charge in [-0.1, -0.05) is 44.2 Å². The molecule has 2 heterocycles. The number of hydrogen-bond donors (Lipinski definition) is 2. The number of nitrogens with zero attached hydrogens (tertiary/aromatic N) is 1. The third kappa shape index (κ3) is 5.57. The Balaban J connectivity index is 1.07. The Bertz CT molecular complexity index is 1220. The van der Waals surface area contributed by atoms with Crippen LogP contribution < -0.4 is 5.32 Å². The molecule has 2 aromatic carbocycles. The summed E-state index contributed by atoms with van der Waals surface area (Å²) < 4.78 is 0. The van der Waals surface area contributed by atoms with Crippen LogP contribution in [0, 0.1) is 11.8 Å². The van der Waals surface area contributed by atoms with Crippen LogP contribution in [-0.2, 0) is 12.8 Å². The van der Waals surface area contributed by atoms with Crippen molar-refractivity contribution in [3.8, 4) is 0 Å². The van der Waals surface area contributed by atoms with Crippen molar-refractivity contribution in [3.05, 3.63) is 70.9 Å². The molecule has 5 heteroatoms.